The number of rotatable bonds is 7. The van der Waals surface area contributed by atoms with E-state index in [4.69, 9.17) is 0 Å². The smallest absolute Gasteiger partial charge is 0.317 e. The molecule has 0 spiro atoms. The van der Waals surface area contributed by atoms with E-state index in [-0.39, 0.29) is 6.03 Å². The number of nitrogens with one attached hydrogen (secondary N) is 1. The number of nitrogens with zero attached hydrogens (tertiary/aromatic N) is 4. The van der Waals surface area contributed by atoms with E-state index >= 15 is 0 Å². The summed E-state index contributed by atoms with van der Waals surface area (Å²) in [6.45, 7) is 3.43. The molecule has 2 amide bonds. The number of carbonyl (C=O) groups is 1. The van der Waals surface area contributed by atoms with Gasteiger partial charge in [0.05, 0.1) is 0 Å². The highest BCUT2D eigenvalue weighted by Gasteiger charge is 2.26. The third-order valence-corrected chi connectivity index (χ3v) is 5.75. The van der Waals surface area contributed by atoms with Gasteiger partial charge in [0.1, 0.15) is 12.2 Å². The van der Waals surface area contributed by atoms with Crippen molar-refractivity contribution < 1.29 is 4.79 Å². The second-order valence-corrected chi connectivity index (χ2v) is 7.94. The molecule has 4 rings (SSSR count). The Labute approximate surface area is 161 Å². The van der Waals surface area contributed by atoms with Crippen LogP contribution in [0.3, 0.4) is 0 Å². The second-order valence-electron chi connectivity index (χ2n) is 7.94. The van der Waals surface area contributed by atoms with Crippen molar-refractivity contribution in [3.8, 4) is 0 Å². The Hall–Kier alpha value is -2.37. The SMILES string of the molecule is O=C(NCCc1ccccc1)N1CCC(Cc2nncn2CC2CC2)CC1. The highest BCUT2D eigenvalue weighted by Crippen LogP contribution is 2.31. The lowest BCUT2D eigenvalue weighted by Gasteiger charge is -2.32. The first-order chi connectivity index (χ1) is 13.3. The number of aromatic nitrogens is 3. The van der Waals surface area contributed by atoms with E-state index in [1.807, 2.05) is 29.4 Å². The molecule has 1 aliphatic heterocycles. The first kappa shape index (κ1) is 18.0. The average molecular weight is 367 g/mol. The lowest BCUT2D eigenvalue weighted by Crippen LogP contribution is -2.45. The molecule has 1 aliphatic carbocycles. The Kier molecular flexibility index (Phi) is 5.70. The molecule has 0 bridgehead atoms. The van der Waals surface area contributed by atoms with E-state index in [9.17, 15) is 4.79 Å². The summed E-state index contributed by atoms with van der Waals surface area (Å²) in [4.78, 5) is 14.3. The van der Waals surface area contributed by atoms with Crippen molar-refractivity contribution in [1.29, 1.82) is 0 Å². The highest BCUT2D eigenvalue weighted by molar-refractivity contribution is 5.74. The fourth-order valence-corrected chi connectivity index (χ4v) is 3.84. The minimum Gasteiger partial charge on any atom is -0.338 e. The van der Waals surface area contributed by atoms with Crippen LogP contribution in [0.25, 0.3) is 0 Å². The third kappa shape index (κ3) is 5.08. The number of amides is 2. The predicted molar refractivity (Wildman–Crippen MR) is 104 cm³/mol. The summed E-state index contributed by atoms with van der Waals surface area (Å²) in [5.74, 6) is 2.55. The normalized spacial score (nSPS) is 17.9. The number of likely N-dealkylation sites (tertiary alicyclic amines) is 1. The number of hydrogen-bond acceptors (Lipinski definition) is 3. The molecule has 1 saturated heterocycles. The maximum Gasteiger partial charge on any atom is 0.317 e. The van der Waals surface area contributed by atoms with Crippen LogP contribution in [0.2, 0.25) is 0 Å². The van der Waals surface area contributed by atoms with Gasteiger partial charge in [-0.15, -0.1) is 10.2 Å². The van der Waals surface area contributed by atoms with E-state index in [0.29, 0.717) is 12.5 Å². The summed E-state index contributed by atoms with van der Waals surface area (Å²) < 4.78 is 2.24. The molecule has 1 N–H and O–H groups in total. The van der Waals surface area contributed by atoms with Crippen LogP contribution in [0, 0.1) is 11.8 Å². The molecule has 0 unspecified atom stereocenters. The third-order valence-electron chi connectivity index (χ3n) is 5.75. The average Bonchev–Trinajstić information content (AvgIpc) is 3.42. The molecule has 2 aliphatic rings. The van der Waals surface area contributed by atoms with E-state index in [0.717, 1.165) is 57.1 Å². The molecule has 1 saturated carbocycles. The van der Waals surface area contributed by atoms with E-state index in [1.165, 1.54) is 18.4 Å². The number of carbonyl (C=O) groups excluding carboxylic acids is 1. The number of hydrogen-bond donors (Lipinski definition) is 1. The number of piperidine rings is 1. The summed E-state index contributed by atoms with van der Waals surface area (Å²) in [6, 6.07) is 10.3. The number of benzene rings is 1. The quantitative estimate of drug-likeness (QED) is 0.818. The zero-order chi connectivity index (χ0) is 18.5. The Bertz CT molecular complexity index is 732. The van der Waals surface area contributed by atoms with Crippen LogP contribution < -0.4 is 5.32 Å². The van der Waals surface area contributed by atoms with Crippen molar-refractivity contribution in [2.75, 3.05) is 19.6 Å². The van der Waals surface area contributed by atoms with Gasteiger partial charge in [-0.25, -0.2) is 4.79 Å². The zero-order valence-electron chi connectivity index (χ0n) is 15.9. The van der Waals surface area contributed by atoms with Crippen LogP contribution in [0.1, 0.15) is 37.1 Å². The summed E-state index contributed by atoms with van der Waals surface area (Å²) in [5, 5.41) is 11.5. The van der Waals surface area contributed by atoms with Gasteiger partial charge in [0.25, 0.3) is 0 Å². The van der Waals surface area contributed by atoms with Gasteiger partial charge < -0.3 is 14.8 Å². The summed E-state index contributed by atoms with van der Waals surface area (Å²) >= 11 is 0. The van der Waals surface area contributed by atoms with Crippen molar-refractivity contribution in [3.63, 3.8) is 0 Å². The molecule has 1 aromatic heterocycles. The topological polar surface area (TPSA) is 63.1 Å². The van der Waals surface area contributed by atoms with E-state index < -0.39 is 0 Å². The molecule has 2 heterocycles. The summed E-state index contributed by atoms with van der Waals surface area (Å²) in [7, 11) is 0. The predicted octanol–water partition coefficient (Wildman–Crippen LogP) is 2.89. The minimum atomic E-state index is 0.0706. The largest absolute Gasteiger partial charge is 0.338 e. The first-order valence-electron chi connectivity index (χ1n) is 10.2. The number of urea groups is 1. The molecule has 144 valence electrons. The van der Waals surface area contributed by atoms with Gasteiger partial charge >= 0.3 is 6.03 Å². The Morgan fingerprint density at radius 1 is 1.07 bits per heavy atom. The van der Waals surface area contributed by atoms with Crippen molar-refractivity contribution >= 4 is 6.03 Å². The van der Waals surface area contributed by atoms with Crippen LogP contribution >= 0.6 is 0 Å². The van der Waals surface area contributed by atoms with Gasteiger partial charge in [-0.05, 0) is 49.5 Å². The molecule has 27 heavy (non-hydrogen) atoms. The van der Waals surface area contributed by atoms with Crippen molar-refractivity contribution in [2.45, 2.75) is 45.1 Å². The van der Waals surface area contributed by atoms with Crippen molar-refractivity contribution in [2.24, 2.45) is 11.8 Å². The van der Waals surface area contributed by atoms with Crippen LogP contribution in [-0.2, 0) is 19.4 Å². The Morgan fingerprint density at radius 3 is 2.59 bits per heavy atom. The maximum atomic E-state index is 12.4. The summed E-state index contributed by atoms with van der Waals surface area (Å²) in [5.41, 5.74) is 1.26. The molecule has 0 radical (unpaired) electrons. The molecule has 0 atom stereocenters. The van der Waals surface area contributed by atoms with Crippen LogP contribution in [0.15, 0.2) is 36.7 Å². The van der Waals surface area contributed by atoms with Crippen LogP contribution in [-0.4, -0.2) is 45.3 Å². The Morgan fingerprint density at radius 2 is 1.85 bits per heavy atom. The van der Waals surface area contributed by atoms with Gasteiger partial charge in [-0.1, -0.05) is 30.3 Å². The Balaban J connectivity index is 1.18. The van der Waals surface area contributed by atoms with Gasteiger partial charge in [0, 0.05) is 32.6 Å². The summed E-state index contributed by atoms with van der Waals surface area (Å²) in [6.07, 6.45) is 8.51. The zero-order valence-corrected chi connectivity index (χ0v) is 15.9. The lowest BCUT2D eigenvalue weighted by molar-refractivity contribution is 0.169. The molecule has 6 heteroatoms. The van der Waals surface area contributed by atoms with E-state index in [1.54, 1.807) is 0 Å². The van der Waals surface area contributed by atoms with Crippen LogP contribution in [0.4, 0.5) is 4.79 Å². The van der Waals surface area contributed by atoms with Crippen molar-refractivity contribution in [1.82, 2.24) is 25.0 Å². The van der Waals surface area contributed by atoms with Gasteiger partial charge in [0.15, 0.2) is 0 Å². The second kappa shape index (κ2) is 8.55. The first-order valence-corrected chi connectivity index (χ1v) is 10.2. The molecule has 1 aromatic carbocycles. The van der Waals surface area contributed by atoms with Crippen LogP contribution in [0.5, 0.6) is 0 Å². The minimum absolute atomic E-state index is 0.0706. The van der Waals surface area contributed by atoms with Crippen molar-refractivity contribution in [3.05, 3.63) is 48.0 Å². The van der Waals surface area contributed by atoms with Gasteiger partial charge in [-0.2, -0.15) is 0 Å². The standard InChI is InChI=1S/C21H29N5O/c27-21(22-11-8-17-4-2-1-3-5-17)25-12-9-18(10-13-25)14-20-24-23-16-26(20)15-19-6-7-19/h1-5,16,18-19H,6-15H2,(H,22,27). The molecule has 2 aromatic rings. The highest BCUT2D eigenvalue weighted by atomic mass is 16.2. The fraction of sp³-hybridized carbons (Fsp3) is 0.571. The van der Waals surface area contributed by atoms with Gasteiger partial charge in [-0.3, -0.25) is 0 Å². The van der Waals surface area contributed by atoms with Gasteiger partial charge in [0.2, 0.25) is 0 Å². The fourth-order valence-electron chi connectivity index (χ4n) is 3.84. The molecular formula is C21H29N5O. The maximum absolute atomic E-state index is 12.4. The molecule has 2 fully saturated rings. The molecular weight excluding hydrogens is 338 g/mol. The monoisotopic (exact) mass is 367 g/mol. The lowest BCUT2D eigenvalue weighted by atomic mass is 9.93. The molecule has 6 nitrogen and oxygen atoms in total. The van der Waals surface area contributed by atoms with E-state index in [2.05, 4.69) is 32.2 Å².